The van der Waals surface area contributed by atoms with Crippen LogP contribution in [-0.2, 0) is 4.79 Å². The highest BCUT2D eigenvalue weighted by Gasteiger charge is 2.16. The van der Waals surface area contributed by atoms with E-state index in [0.717, 1.165) is 27.9 Å². The summed E-state index contributed by atoms with van der Waals surface area (Å²) in [6.07, 6.45) is 1.12. The molecule has 28 heavy (non-hydrogen) atoms. The zero-order valence-corrected chi connectivity index (χ0v) is 16.2. The van der Waals surface area contributed by atoms with E-state index < -0.39 is 5.82 Å². The van der Waals surface area contributed by atoms with E-state index in [-0.39, 0.29) is 17.7 Å². The maximum absolute atomic E-state index is 14.2. The third-order valence-corrected chi connectivity index (χ3v) is 5.17. The van der Waals surface area contributed by atoms with Crippen molar-refractivity contribution in [2.45, 2.75) is 18.7 Å². The van der Waals surface area contributed by atoms with Crippen molar-refractivity contribution in [1.29, 1.82) is 0 Å². The van der Waals surface area contributed by atoms with Crippen molar-refractivity contribution in [1.82, 2.24) is 9.97 Å². The number of amides is 1. The van der Waals surface area contributed by atoms with Gasteiger partial charge in [-0.2, -0.15) is 4.98 Å². The predicted molar refractivity (Wildman–Crippen MR) is 110 cm³/mol. The summed E-state index contributed by atoms with van der Waals surface area (Å²) in [6.45, 7) is 4.01. The van der Waals surface area contributed by atoms with E-state index in [4.69, 9.17) is 0 Å². The first-order valence-electron chi connectivity index (χ1n) is 8.68. The number of anilines is 5. The molecular weight excluding hydrogens is 377 g/mol. The number of nitrogens with one attached hydrogen (secondary N) is 3. The van der Waals surface area contributed by atoms with Crippen molar-refractivity contribution in [3.8, 4) is 0 Å². The second kappa shape index (κ2) is 7.47. The first-order chi connectivity index (χ1) is 13.5. The molecule has 0 saturated heterocycles. The topological polar surface area (TPSA) is 78.9 Å². The summed E-state index contributed by atoms with van der Waals surface area (Å²) < 4.78 is 14.2. The Morgan fingerprint density at radius 3 is 2.64 bits per heavy atom. The van der Waals surface area contributed by atoms with Crippen LogP contribution in [0.3, 0.4) is 0 Å². The van der Waals surface area contributed by atoms with Gasteiger partial charge < -0.3 is 16.0 Å². The lowest BCUT2D eigenvalue weighted by atomic mass is 10.1. The lowest BCUT2D eigenvalue weighted by Crippen LogP contribution is -2.18. The maximum Gasteiger partial charge on any atom is 0.234 e. The molecule has 0 spiro atoms. The van der Waals surface area contributed by atoms with E-state index in [1.54, 1.807) is 6.07 Å². The second-order valence-corrected chi connectivity index (χ2v) is 7.58. The van der Waals surface area contributed by atoms with Crippen molar-refractivity contribution in [2.75, 3.05) is 21.7 Å². The Hall–Kier alpha value is -3.13. The van der Waals surface area contributed by atoms with Crippen LogP contribution in [0.5, 0.6) is 0 Å². The minimum atomic E-state index is -0.567. The van der Waals surface area contributed by atoms with Crippen molar-refractivity contribution in [2.24, 2.45) is 0 Å². The monoisotopic (exact) mass is 395 g/mol. The highest BCUT2D eigenvalue weighted by atomic mass is 32.2. The standard InChI is InChI=1S/C20H18FN5OS/c1-11-5-12(2)7-14(6-11)24-20-22-9-15(21)19(26-20)23-13-3-4-17-16(8-13)25-18(27)10-28-17/h3-9H,10H2,1-2H3,(H,25,27)(H2,22,23,24,26). The number of fused-ring (bicyclic) bond motifs is 1. The van der Waals surface area contributed by atoms with Crippen LogP contribution >= 0.6 is 11.8 Å². The van der Waals surface area contributed by atoms with Gasteiger partial charge in [-0.3, -0.25) is 4.79 Å². The van der Waals surface area contributed by atoms with Gasteiger partial charge >= 0.3 is 0 Å². The van der Waals surface area contributed by atoms with E-state index in [1.165, 1.54) is 11.8 Å². The number of carbonyl (C=O) groups is 1. The molecule has 6 nitrogen and oxygen atoms in total. The number of nitrogens with zero attached hydrogens (tertiary/aromatic N) is 2. The molecule has 0 saturated carbocycles. The van der Waals surface area contributed by atoms with Gasteiger partial charge in [-0.1, -0.05) is 6.07 Å². The van der Waals surface area contributed by atoms with Gasteiger partial charge in [0.2, 0.25) is 11.9 Å². The quantitative estimate of drug-likeness (QED) is 0.591. The Labute approximate surface area is 166 Å². The summed E-state index contributed by atoms with van der Waals surface area (Å²) in [6, 6.07) is 11.5. The van der Waals surface area contributed by atoms with Crippen molar-refractivity contribution in [3.05, 3.63) is 59.5 Å². The predicted octanol–water partition coefficient (Wildman–Crippen LogP) is 4.76. The van der Waals surface area contributed by atoms with Crippen LogP contribution in [-0.4, -0.2) is 21.6 Å². The molecule has 0 aliphatic carbocycles. The number of carbonyl (C=O) groups excluding carboxylic acids is 1. The number of thioether (sulfide) groups is 1. The molecule has 0 fully saturated rings. The first kappa shape index (κ1) is 18.2. The van der Waals surface area contributed by atoms with Crippen LogP contribution in [0.1, 0.15) is 11.1 Å². The largest absolute Gasteiger partial charge is 0.338 e. The Morgan fingerprint density at radius 2 is 1.86 bits per heavy atom. The van der Waals surface area contributed by atoms with Crippen LogP contribution in [0.25, 0.3) is 0 Å². The van der Waals surface area contributed by atoms with Gasteiger partial charge in [0.25, 0.3) is 0 Å². The number of halogens is 1. The second-order valence-electron chi connectivity index (χ2n) is 6.56. The number of hydrogen-bond donors (Lipinski definition) is 3. The van der Waals surface area contributed by atoms with E-state index in [1.807, 2.05) is 38.1 Å². The lowest BCUT2D eigenvalue weighted by Gasteiger charge is -2.17. The van der Waals surface area contributed by atoms with Gasteiger partial charge in [0.05, 0.1) is 17.6 Å². The number of rotatable bonds is 4. The van der Waals surface area contributed by atoms with Crippen molar-refractivity contribution in [3.63, 3.8) is 0 Å². The van der Waals surface area contributed by atoms with Gasteiger partial charge in [0.15, 0.2) is 11.6 Å². The zero-order chi connectivity index (χ0) is 19.7. The average molecular weight is 395 g/mol. The van der Waals surface area contributed by atoms with Crippen LogP contribution in [0.2, 0.25) is 0 Å². The molecule has 8 heteroatoms. The van der Waals surface area contributed by atoms with Crippen LogP contribution in [0, 0.1) is 19.7 Å². The van der Waals surface area contributed by atoms with Crippen LogP contribution < -0.4 is 16.0 Å². The van der Waals surface area contributed by atoms with E-state index in [0.29, 0.717) is 17.1 Å². The van der Waals surface area contributed by atoms with E-state index in [2.05, 4.69) is 32.0 Å². The minimum absolute atomic E-state index is 0.0524. The molecule has 1 aromatic heterocycles. The molecule has 2 heterocycles. The highest BCUT2D eigenvalue weighted by molar-refractivity contribution is 8.00. The first-order valence-corrected chi connectivity index (χ1v) is 9.66. The fourth-order valence-electron chi connectivity index (χ4n) is 2.99. The highest BCUT2D eigenvalue weighted by Crippen LogP contribution is 2.34. The van der Waals surface area contributed by atoms with Crippen LogP contribution in [0.4, 0.5) is 33.2 Å². The summed E-state index contributed by atoms with van der Waals surface area (Å²) in [7, 11) is 0. The summed E-state index contributed by atoms with van der Waals surface area (Å²) in [5, 5.41) is 8.88. The third-order valence-electron chi connectivity index (χ3n) is 4.10. The molecule has 3 N–H and O–H groups in total. The molecule has 0 unspecified atom stereocenters. The van der Waals surface area contributed by atoms with Gasteiger partial charge in [-0.15, -0.1) is 11.8 Å². The van der Waals surface area contributed by atoms with E-state index >= 15 is 0 Å². The smallest absolute Gasteiger partial charge is 0.234 e. The number of aromatic nitrogens is 2. The molecule has 3 aromatic rings. The number of aryl methyl sites for hydroxylation is 2. The molecular formula is C20H18FN5OS. The fraction of sp³-hybridized carbons (Fsp3) is 0.150. The van der Waals surface area contributed by atoms with Gasteiger partial charge in [0.1, 0.15) is 0 Å². The Morgan fingerprint density at radius 1 is 1.07 bits per heavy atom. The summed E-state index contributed by atoms with van der Waals surface area (Å²) in [4.78, 5) is 20.8. The Balaban J connectivity index is 1.57. The average Bonchev–Trinajstić information content (AvgIpc) is 2.63. The Kier molecular flexibility index (Phi) is 4.87. The summed E-state index contributed by atoms with van der Waals surface area (Å²) in [5.41, 5.74) is 4.38. The minimum Gasteiger partial charge on any atom is -0.338 e. The molecule has 0 bridgehead atoms. The molecule has 2 aromatic carbocycles. The molecule has 0 radical (unpaired) electrons. The molecule has 1 aliphatic rings. The summed E-state index contributed by atoms with van der Waals surface area (Å²) in [5.74, 6) is 0.116. The fourth-order valence-corrected chi connectivity index (χ4v) is 3.78. The zero-order valence-electron chi connectivity index (χ0n) is 15.3. The molecule has 1 amide bonds. The van der Waals surface area contributed by atoms with Crippen molar-refractivity contribution < 1.29 is 9.18 Å². The van der Waals surface area contributed by atoms with E-state index in [9.17, 15) is 9.18 Å². The van der Waals surface area contributed by atoms with Crippen molar-refractivity contribution >= 4 is 46.5 Å². The number of hydrogen-bond acceptors (Lipinski definition) is 6. The summed E-state index contributed by atoms with van der Waals surface area (Å²) >= 11 is 1.47. The molecule has 1 aliphatic heterocycles. The van der Waals surface area contributed by atoms with Gasteiger partial charge in [-0.05, 0) is 55.3 Å². The molecule has 0 atom stereocenters. The van der Waals surface area contributed by atoms with Gasteiger partial charge in [0, 0.05) is 16.3 Å². The van der Waals surface area contributed by atoms with Crippen LogP contribution in [0.15, 0.2) is 47.5 Å². The molecule has 142 valence electrons. The third kappa shape index (κ3) is 4.07. The number of benzene rings is 2. The normalized spacial score (nSPS) is 12.9. The maximum atomic E-state index is 14.2. The SMILES string of the molecule is Cc1cc(C)cc(Nc2ncc(F)c(Nc3ccc4c(c3)NC(=O)CS4)n2)c1. The molecule has 4 rings (SSSR count). The Bertz CT molecular complexity index is 1050. The lowest BCUT2D eigenvalue weighted by molar-refractivity contribution is -0.113. The van der Waals surface area contributed by atoms with Gasteiger partial charge in [-0.25, -0.2) is 9.37 Å².